The van der Waals surface area contributed by atoms with E-state index in [1.807, 2.05) is 0 Å². The maximum absolute atomic E-state index is 12.4. The van der Waals surface area contributed by atoms with Crippen molar-refractivity contribution >= 4 is 5.91 Å². The first-order valence-electron chi connectivity index (χ1n) is 6.19. The Morgan fingerprint density at radius 2 is 2.18 bits per heavy atom. The van der Waals surface area contributed by atoms with Crippen molar-refractivity contribution in [3.63, 3.8) is 0 Å². The minimum absolute atomic E-state index is 0.0222. The van der Waals surface area contributed by atoms with E-state index < -0.39 is 0 Å². The topological polar surface area (TPSA) is 75.8 Å². The fraction of sp³-hybridized carbons (Fsp3) is 0.917. The molecule has 1 amide bonds. The van der Waals surface area contributed by atoms with Crippen LogP contribution in [0.4, 0.5) is 0 Å². The van der Waals surface area contributed by atoms with Gasteiger partial charge in [-0.25, -0.2) is 0 Å². The summed E-state index contributed by atoms with van der Waals surface area (Å²) in [7, 11) is 1.60. The SMILES string of the molecule is COCCN(CCO)C(=O)C1(CN)CC(C)C1. The lowest BCUT2D eigenvalue weighted by Gasteiger charge is -2.46. The minimum Gasteiger partial charge on any atom is -0.395 e. The number of aliphatic hydroxyl groups excluding tert-OH is 1. The summed E-state index contributed by atoms with van der Waals surface area (Å²) in [5.41, 5.74) is 5.37. The van der Waals surface area contributed by atoms with E-state index in [-0.39, 0.29) is 17.9 Å². The van der Waals surface area contributed by atoms with Crippen LogP contribution in [-0.4, -0.2) is 55.9 Å². The first-order chi connectivity index (χ1) is 8.09. The second-order valence-electron chi connectivity index (χ2n) is 5.01. The number of carbonyl (C=O) groups excluding carboxylic acids is 1. The molecule has 1 aliphatic rings. The number of rotatable bonds is 7. The Hall–Kier alpha value is -0.650. The molecule has 0 aromatic heterocycles. The van der Waals surface area contributed by atoms with Crippen LogP contribution >= 0.6 is 0 Å². The molecule has 0 aromatic rings. The fourth-order valence-electron chi connectivity index (χ4n) is 2.68. The van der Waals surface area contributed by atoms with Crippen molar-refractivity contribution in [2.24, 2.45) is 17.1 Å². The summed E-state index contributed by atoms with van der Waals surface area (Å²) in [6.45, 7) is 3.87. The van der Waals surface area contributed by atoms with E-state index in [2.05, 4.69) is 6.92 Å². The van der Waals surface area contributed by atoms with Crippen LogP contribution in [0.15, 0.2) is 0 Å². The Kier molecular flexibility index (Phi) is 5.36. The van der Waals surface area contributed by atoms with Gasteiger partial charge in [-0.2, -0.15) is 0 Å². The van der Waals surface area contributed by atoms with E-state index in [9.17, 15) is 4.79 Å². The molecule has 0 aromatic carbocycles. The van der Waals surface area contributed by atoms with E-state index in [1.54, 1.807) is 12.0 Å². The third kappa shape index (κ3) is 3.18. The second-order valence-corrected chi connectivity index (χ2v) is 5.01. The van der Waals surface area contributed by atoms with E-state index in [0.29, 0.717) is 32.2 Å². The third-order valence-corrected chi connectivity index (χ3v) is 3.55. The van der Waals surface area contributed by atoms with E-state index in [1.165, 1.54) is 0 Å². The van der Waals surface area contributed by atoms with Crippen LogP contribution in [0.3, 0.4) is 0 Å². The maximum atomic E-state index is 12.4. The molecule has 5 heteroatoms. The molecule has 0 unspecified atom stereocenters. The summed E-state index contributed by atoms with van der Waals surface area (Å²) in [5.74, 6) is 0.644. The van der Waals surface area contributed by atoms with Crippen molar-refractivity contribution < 1.29 is 14.6 Å². The first-order valence-corrected chi connectivity index (χ1v) is 6.19. The Morgan fingerprint density at radius 1 is 1.53 bits per heavy atom. The van der Waals surface area contributed by atoms with Gasteiger partial charge in [-0.1, -0.05) is 6.92 Å². The minimum atomic E-state index is -0.387. The zero-order valence-corrected chi connectivity index (χ0v) is 10.8. The van der Waals surface area contributed by atoms with Crippen molar-refractivity contribution in [1.29, 1.82) is 0 Å². The monoisotopic (exact) mass is 244 g/mol. The molecule has 0 bridgehead atoms. The molecule has 0 spiro atoms. The fourth-order valence-corrected chi connectivity index (χ4v) is 2.68. The van der Waals surface area contributed by atoms with Crippen molar-refractivity contribution in [2.75, 3.05) is 40.0 Å². The lowest BCUT2D eigenvalue weighted by atomic mass is 9.62. The number of hydrogen-bond donors (Lipinski definition) is 2. The normalized spacial score (nSPS) is 27.6. The van der Waals surface area contributed by atoms with Crippen LogP contribution in [-0.2, 0) is 9.53 Å². The van der Waals surface area contributed by atoms with Gasteiger partial charge < -0.3 is 20.5 Å². The summed E-state index contributed by atoms with van der Waals surface area (Å²) >= 11 is 0. The zero-order chi connectivity index (χ0) is 12.9. The number of nitrogens with two attached hydrogens (primary N) is 1. The molecule has 5 nitrogen and oxygen atoms in total. The van der Waals surface area contributed by atoms with Gasteiger partial charge in [0.2, 0.25) is 5.91 Å². The average Bonchev–Trinajstić information content (AvgIpc) is 2.29. The molecule has 1 fully saturated rings. The number of methoxy groups -OCH3 is 1. The first kappa shape index (κ1) is 14.4. The molecule has 3 N–H and O–H groups in total. The molecule has 0 saturated heterocycles. The molecular formula is C12H24N2O3. The molecule has 100 valence electrons. The molecule has 0 heterocycles. The molecular weight excluding hydrogens is 220 g/mol. The summed E-state index contributed by atoms with van der Waals surface area (Å²) in [4.78, 5) is 14.1. The van der Waals surface area contributed by atoms with Crippen molar-refractivity contribution in [3.8, 4) is 0 Å². The number of amides is 1. The zero-order valence-electron chi connectivity index (χ0n) is 10.8. The third-order valence-electron chi connectivity index (χ3n) is 3.55. The van der Waals surface area contributed by atoms with Crippen molar-refractivity contribution in [3.05, 3.63) is 0 Å². The lowest BCUT2D eigenvalue weighted by molar-refractivity contribution is -0.150. The van der Waals surface area contributed by atoms with Crippen molar-refractivity contribution in [1.82, 2.24) is 4.90 Å². The van der Waals surface area contributed by atoms with E-state index in [4.69, 9.17) is 15.6 Å². The second kappa shape index (κ2) is 6.33. The Bertz CT molecular complexity index is 252. The van der Waals surface area contributed by atoms with Crippen LogP contribution in [0.5, 0.6) is 0 Å². The van der Waals surface area contributed by atoms with E-state index in [0.717, 1.165) is 12.8 Å². The van der Waals surface area contributed by atoms with Gasteiger partial charge in [-0.05, 0) is 18.8 Å². The largest absolute Gasteiger partial charge is 0.395 e. The number of ether oxygens (including phenoxy) is 1. The number of hydrogen-bond acceptors (Lipinski definition) is 4. The Balaban J connectivity index is 2.62. The van der Waals surface area contributed by atoms with Gasteiger partial charge in [0, 0.05) is 26.7 Å². The highest BCUT2D eigenvalue weighted by Crippen LogP contribution is 2.45. The standard InChI is InChI=1S/C12H24N2O3/c1-10-7-12(8-10,9-13)11(16)14(3-5-15)4-6-17-2/h10,15H,3-9,13H2,1-2H3. The quantitative estimate of drug-likeness (QED) is 0.652. The Morgan fingerprint density at radius 3 is 2.59 bits per heavy atom. The smallest absolute Gasteiger partial charge is 0.230 e. The number of carbonyl (C=O) groups is 1. The molecule has 1 saturated carbocycles. The highest BCUT2D eigenvalue weighted by atomic mass is 16.5. The summed E-state index contributed by atoms with van der Waals surface area (Å²) in [6, 6.07) is 0. The molecule has 1 rings (SSSR count). The lowest BCUT2D eigenvalue weighted by Crippen LogP contribution is -2.55. The summed E-state index contributed by atoms with van der Waals surface area (Å²) in [6.07, 6.45) is 1.72. The van der Waals surface area contributed by atoms with Crippen LogP contribution in [0.2, 0.25) is 0 Å². The van der Waals surface area contributed by atoms with E-state index >= 15 is 0 Å². The highest BCUT2D eigenvalue weighted by Gasteiger charge is 2.48. The molecule has 17 heavy (non-hydrogen) atoms. The van der Waals surface area contributed by atoms with Gasteiger partial charge in [0.25, 0.3) is 0 Å². The van der Waals surface area contributed by atoms with Gasteiger partial charge in [0.1, 0.15) is 0 Å². The molecule has 1 aliphatic carbocycles. The van der Waals surface area contributed by atoms with Crippen LogP contribution in [0, 0.1) is 11.3 Å². The number of aliphatic hydroxyl groups is 1. The summed E-state index contributed by atoms with van der Waals surface area (Å²) < 4.78 is 4.98. The average molecular weight is 244 g/mol. The van der Waals surface area contributed by atoms with Crippen LogP contribution in [0.1, 0.15) is 19.8 Å². The maximum Gasteiger partial charge on any atom is 0.230 e. The van der Waals surface area contributed by atoms with Gasteiger partial charge in [-0.3, -0.25) is 4.79 Å². The van der Waals surface area contributed by atoms with Gasteiger partial charge in [0.05, 0.1) is 18.6 Å². The molecule has 0 aliphatic heterocycles. The highest BCUT2D eigenvalue weighted by molar-refractivity contribution is 5.84. The van der Waals surface area contributed by atoms with Crippen LogP contribution < -0.4 is 5.73 Å². The molecule has 0 atom stereocenters. The Labute approximate surface area is 103 Å². The molecule has 0 radical (unpaired) electrons. The van der Waals surface area contributed by atoms with Crippen LogP contribution in [0.25, 0.3) is 0 Å². The predicted octanol–water partition coefficient (Wildman–Crippen LogP) is -0.171. The van der Waals surface area contributed by atoms with Gasteiger partial charge in [-0.15, -0.1) is 0 Å². The summed E-state index contributed by atoms with van der Waals surface area (Å²) in [5, 5.41) is 9.00. The number of nitrogens with zero attached hydrogens (tertiary/aromatic N) is 1. The van der Waals surface area contributed by atoms with Gasteiger partial charge in [0.15, 0.2) is 0 Å². The van der Waals surface area contributed by atoms with Gasteiger partial charge >= 0.3 is 0 Å². The predicted molar refractivity (Wildman–Crippen MR) is 65.4 cm³/mol. The van der Waals surface area contributed by atoms with Crippen molar-refractivity contribution in [2.45, 2.75) is 19.8 Å².